The molecule has 6 nitrogen and oxygen atoms in total. The number of methoxy groups -OCH3 is 2. The van der Waals surface area contributed by atoms with Crippen molar-refractivity contribution in [2.75, 3.05) is 19.5 Å². The SMILES string of the molecule is COc1ccc(/C=C(/NC(=O)c2ccccc2)C(=O)Nc2ccc3c(c2)Cc2ccccc2-3)cc1OC. The Morgan fingerprint density at radius 3 is 2.27 bits per heavy atom. The van der Waals surface area contributed by atoms with Crippen molar-refractivity contribution in [3.63, 3.8) is 0 Å². The van der Waals surface area contributed by atoms with Gasteiger partial charge in [-0.2, -0.15) is 0 Å². The Balaban J connectivity index is 1.44. The molecule has 4 aromatic rings. The van der Waals surface area contributed by atoms with Gasteiger partial charge in [-0.1, -0.05) is 54.6 Å². The number of carbonyl (C=O) groups excluding carboxylic acids is 2. The van der Waals surface area contributed by atoms with Gasteiger partial charge in [-0.3, -0.25) is 9.59 Å². The molecule has 6 heteroatoms. The van der Waals surface area contributed by atoms with Crippen LogP contribution in [0.4, 0.5) is 5.69 Å². The minimum atomic E-state index is -0.436. The van der Waals surface area contributed by atoms with Gasteiger partial charge in [0, 0.05) is 11.3 Å². The van der Waals surface area contributed by atoms with Crippen LogP contribution in [0, 0.1) is 0 Å². The van der Waals surface area contributed by atoms with Gasteiger partial charge in [0.15, 0.2) is 11.5 Å². The van der Waals surface area contributed by atoms with Gasteiger partial charge in [0.2, 0.25) is 0 Å². The molecule has 0 saturated carbocycles. The predicted molar refractivity (Wildman–Crippen MR) is 145 cm³/mol. The third-order valence-corrected chi connectivity index (χ3v) is 6.30. The maximum atomic E-state index is 13.4. The first-order valence-electron chi connectivity index (χ1n) is 11.9. The highest BCUT2D eigenvalue weighted by atomic mass is 16.5. The van der Waals surface area contributed by atoms with Crippen LogP contribution < -0.4 is 20.1 Å². The molecule has 1 aliphatic rings. The van der Waals surface area contributed by atoms with E-state index in [0.29, 0.717) is 28.3 Å². The normalized spacial score (nSPS) is 11.8. The zero-order chi connectivity index (χ0) is 25.8. The maximum Gasteiger partial charge on any atom is 0.272 e. The molecule has 0 saturated heterocycles. The van der Waals surface area contributed by atoms with Crippen LogP contribution in [-0.2, 0) is 11.2 Å². The van der Waals surface area contributed by atoms with Crippen molar-refractivity contribution in [2.24, 2.45) is 0 Å². The van der Waals surface area contributed by atoms with Gasteiger partial charge in [0.1, 0.15) is 5.70 Å². The van der Waals surface area contributed by atoms with Gasteiger partial charge in [0.05, 0.1) is 14.2 Å². The number of anilines is 1. The van der Waals surface area contributed by atoms with E-state index in [2.05, 4.69) is 22.8 Å². The summed E-state index contributed by atoms with van der Waals surface area (Å²) in [5, 5.41) is 5.72. The topological polar surface area (TPSA) is 76.7 Å². The fraction of sp³-hybridized carbons (Fsp3) is 0.0968. The van der Waals surface area contributed by atoms with Crippen molar-refractivity contribution in [1.82, 2.24) is 5.32 Å². The van der Waals surface area contributed by atoms with Crippen LogP contribution in [0.1, 0.15) is 27.0 Å². The summed E-state index contributed by atoms with van der Waals surface area (Å²) in [6.45, 7) is 0. The Kier molecular flexibility index (Phi) is 6.72. The highest BCUT2D eigenvalue weighted by molar-refractivity contribution is 6.10. The number of fused-ring (bicyclic) bond motifs is 3. The van der Waals surface area contributed by atoms with Crippen LogP contribution in [0.25, 0.3) is 17.2 Å². The first-order chi connectivity index (χ1) is 18.1. The molecule has 0 radical (unpaired) electrons. The highest BCUT2D eigenvalue weighted by Gasteiger charge is 2.20. The summed E-state index contributed by atoms with van der Waals surface area (Å²) in [6.07, 6.45) is 2.43. The first-order valence-corrected chi connectivity index (χ1v) is 11.9. The Hall–Kier alpha value is -4.84. The number of carbonyl (C=O) groups is 2. The van der Waals surface area contributed by atoms with E-state index < -0.39 is 5.91 Å². The summed E-state index contributed by atoms with van der Waals surface area (Å²) in [7, 11) is 3.10. The van der Waals surface area contributed by atoms with E-state index in [1.54, 1.807) is 62.8 Å². The summed E-state index contributed by atoms with van der Waals surface area (Å²) in [5.74, 6) is 0.267. The Morgan fingerprint density at radius 2 is 1.49 bits per heavy atom. The van der Waals surface area contributed by atoms with E-state index in [-0.39, 0.29) is 11.6 Å². The van der Waals surface area contributed by atoms with Crippen LogP contribution in [0.2, 0.25) is 0 Å². The largest absolute Gasteiger partial charge is 0.493 e. The van der Waals surface area contributed by atoms with Crippen LogP contribution >= 0.6 is 0 Å². The minimum absolute atomic E-state index is 0.102. The lowest BCUT2D eigenvalue weighted by atomic mass is 10.1. The molecule has 2 N–H and O–H groups in total. The molecule has 5 rings (SSSR count). The lowest BCUT2D eigenvalue weighted by molar-refractivity contribution is -0.113. The number of amides is 2. The van der Waals surface area contributed by atoms with Crippen LogP contribution in [0.15, 0.2) is 96.7 Å². The maximum absolute atomic E-state index is 13.4. The predicted octanol–water partition coefficient (Wildman–Crippen LogP) is 5.68. The molecule has 0 spiro atoms. The molecule has 184 valence electrons. The number of hydrogen-bond donors (Lipinski definition) is 2. The zero-order valence-electron chi connectivity index (χ0n) is 20.6. The summed E-state index contributed by atoms with van der Waals surface area (Å²) in [6, 6.07) is 28.2. The van der Waals surface area contributed by atoms with E-state index in [4.69, 9.17) is 9.47 Å². The van der Waals surface area contributed by atoms with E-state index in [1.807, 2.05) is 36.4 Å². The van der Waals surface area contributed by atoms with Crippen molar-refractivity contribution in [2.45, 2.75) is 6.42 Å². The van der Waals surface area contributed by atoms with Gasteiger partial charge in [-0.25, -0.2) is 0 Å². The fourth-order valence-electron chi connectivity index (χ4n) is 4.47. The van der Waals surface area contributed by atoms with Crippen molar-refractivity contribution in [3.8, 4) is 22.6 Å². The van der Waals surface area contributed by atoms with Gasteiger partial charge < -0.3 is 20.1 Å². The third-order valence-electron chi connectivity index (χ3n) is 6.30. The second-order valence-corrected chi connectivity index (χ2v) is 8.65. The fourth-order valence-corrected chi connectivity index (χ4v) is 4.47. The quantitative estimate of drug-likeness (QED) is 0.288. The Morgan fingerprint density at radius 1 is 0.757 bits per heavy atom. The molecule has 0 atom stereocenters. The summed E-state index contributed by atoms with van der Waals surface area (Å²) >= 11 is 0. The van der Waals surface area contributed by atoms with E-state index in [0.717, 1.165) is 12.0 Å². The molecule has 0 unspecified atom stereocenters. The van der Waals surface area contributed by atoms with Crippen LogP contribution in [-0.4, -0.2) is 26.0 Å². The minimum Gasteiger partial charge on any atom is -0.493 e. The highest BCUT2D eigenvalue weighted by Crippen LogP contribution is 2.37. The van der Waals surface area contributed by atoms with Crippen molar-refractivity contribution in [3.05, 3.63) is 119 Å². The molecule has 0 fully saturated rings. The summed E-state index contributed by atoms with van der Waals surface area (Å²) in [5.41, 5.74) is 6.69. The molecule has 1 aliphatic carbocycles. The molecule has 0 bridgehead atoms. The standard InChI is InChI=1S/C31H26N2O4/c1-36-28-15-12-20(17-29(28)37-2)16-27(33-30(34)21-8-4-3-5-9-21)31(35)32-24-13-14-26-23(19-24)18-22-10-6-7-11-25(22)26/h3-17,19H,18H2,1-2H3,(H,32,35)(H,33,34)/b27-16+. The zero-order valence-corrected chi connectivity index (χ0v) is 20.6. The molecule has 4 aromatic carbocycles. The molecular weight excluding hydrogens is 464 g/mol. The van der Waals surface area contributed by atoms with Crippen LogP contribution in [0.5, 0.6) is 11.5 Å². The molecule has 0 aliphatic heterocycles. The summed E-state index contributed by atoms with van der Waals surface area (Å²) in [4.78, 5) is 26.4. The average Bonchev–Trinajstić information content (AvgIpc) is 3.30. The lowest BCUT2D eigenvalue weighted by Gasteiger charge is -2.13. The van der Waals surface area contributed by atoms with Crippen molar-refractivity contribution in [1.29, 1.82) is 0 Å². The number of benzene rings is 4. The van der Waals surface area contributed by atoms with Gasteiger partial charge >= 0.3 is 0 Å². The smallest absolute Gasteiger partial charge is 0.272 e. The lowest BCUT2D eigenvalue weighted by Crippen LogP contribution is -2.30. The molecule has 0 aromatic heterocycles. The monoisotopic (exact) mass is 490 g/mol. The number of nitrogens with one attached hydrogen (secondary N) is 2. The van der Waals surface area contributed by atoms with E-state index >= 15 is 0 Å². The van der Waals surface area contributed by atoms with Crippen molar-refractivity contribution >= 4 is 23.6 Å². The Labute approximate surface area is 215 Å². The van der Waals surface area contributed by atoms with Crippen molar-refractivity contribution < 1.29 is 19.1 Å². The van der Waals surface area contributed by atoms with Gasteiger partial charge in [-0.05, 0) is 76.7 Å². The average molecular weight is 491 g/mol. The van der Waals surface area contributed by atoms with Crippen LogP contribution in [0.3, 0.4) is 0 Å². The second kappa shape index (κ2) is 10.4. The van der Waals surface area contributed by atoms with E-state index in [1.165, 1.54) is 16.7 Å². The van der Waals surface area contributed by atoms with Gasteiger partial charge in [-0.15, -0.1) is 0 Å². The molecule has 0 heterocycles. The molecule has 37 heavy (non-hydrogen) atoms. The molecule has 2 amide bonds. The summed E-state index contributed by atoms with van der Waals surface area (Å²) < 4.78 is 10.7. The first kappa shape index (κ1) is 23.9. The Bertz CT molecular complexity index is 1510. The number of rotatable bonds is 7. The molecular formula is C31H26N2O4. The number of hydrogen-bond acceptors (Lipinski definition) is 4. The second-order valence-electron chi connectivity index (χ2n) is 8.65. The van der Waals surface area contributed by atoms with E-state index in [9.17, 15) is 9.59 Å². The van der Waals surface area contributed by atoms with Gasteiger partial charge in [0.25, 0.3) is 11.8 Å². The number of ether oxygens (including phenoxy) is 2. The third kappa shape index (κ3) is 5.09.